The molecule has 0 aliphatic carbocycles. The number of rotatable bonds is 4. The number of nitrogens with zero attached hydrogens (tertiary/aromatic N) is 2. The molecular weight excluding hydrogens is 310 g/mol. The van der Waals surface area contributed by atoms with Gasteiger partial charge in [-0.05, 0) is 35.9 Å². The molecule has 2 aromatic heterocycles. The lowest BCUT2D eigenvalue weighted by atomic mass is 10.1. The van der Waals surface area contributed by atoms with Crippen molar-refractivity contribution in [3.8, 4) is 11.1 Å². The van der Waals surface area contributed by atoms with Crippen molar-refractivity contribution in [2.24, 2.45) is 0 Å². The van der Waals surface area contributed by atoms with Crippen molar-refractivity contribution >= 4 is 17.5 Å². The summed E-state index contributed by atoms with van der Waals surface area (Å²) in [6.45, 7) is 0.395. The van der Waals surface area contributed by atoms with E-state index in [1.165, 1.54) is 0 Å². The summed E-state index contributed by atoms with van der Waals surface area (Å²) in [4.78, 5) is 20.5. The number of halogens is 1. The first kappa shape index (κ1) is 15.2. The van der Waals surface area contributed by atoms with Crippen LogP contribution in [0.4, 0.5) is 0 Å². The molecule has 23 heavy (non-hydrogen) atoms. The highest BCUT2D eigenvalue weighted by Gasteiger charge is 2.06. The second-order valence-corrected chi connectivity index (χ2v) is 5.45. The first-order valence-corrected chi connectivity index (χ1v) is 7.48. The Hall–Kier alpha value is -2.72. The number of nitrogens with one attached hydrogen (secondary N) is 1. The third kappa shape index (κ3) is 3.93. The zero-order chi connectivity index (χ0) is 16.1. The van der Waals surface area contributed by atoms with E-state index in [1.54, 1.807) is 49.1 Å². The van der Waals surface area contributed by atoms with Crippen LogP contribution < -0.4 is 5.32 Å². The number of carbonyl (C=O) groups is 1. The summed E-state index contributed by atoms with van der Waals surface area (Å²) < 4.78 is 0. The number of aromatic nitrogens is 2. The molecule has 3 rings (SSSR count). The fourth-order valence-electron chi connectivity index (χ4n) is 2.19. The third-order valence-electron chi connectivity index (χ3n) is 3.33. The van der Waals surface area contributed by atoms with Gasteiger partial charge in [0.1, 0.15) is 0 Å². The molecule has 3 aromatic rings. The van der Waals surface area contributed by atoms with Crippen LogP contribution in [0.25, 0.3) is 11.1 Å². The predicted molar refractivity (Wildman–Crippen MR) is 90.1 cm³/mol. The molecule has 0 atom stereocenters. The van der Waals surface area contributed by atoms with Crippen molar-refractivity contribution in [2.45, 2.75) is 6.54 Å². The van der Waals surface area contributed by atoms with Gasteiger partial charge >= 0.3 is 0 Å². The van der Waals surface area contributed by atoms with E-state index in [0.29, 0.717) is 17.1 Å². The molecule has 5 heteroatoms. The molecule has 0 radical (unpaired) electrons. The Kier molecular flexibility index (Phi) is 4.64. The summed E-state index contributed by atoms with van der Waals surface area (Å²) in [6, 6.07) is 12.7. The van der Waals surface area contributed by atoms with Crippen molar-refractivity contribution in [1.29, 1.82) is 0 Å². The maximum atomic E-state index is 12.1. The number of pyridine rings is 2. The Morgan fingerprint density at radius 2 is 1.87 bits per heavy atom. The van der Waals surface area contributed by atoms with E-state index < -0.39 is 0 Å². The van der Waals surface area contributed by atoms with E-state index in [-0.39, 0.29) is 5.91 Å². The largest absolute Gasteiger partial charge is 0.348 e. The summed E-state index contributed by atoms with van der Waals surface area (Å²) >= 11 is 5.90. The van der Waals surface area contributed by atoms with Gasteiger partial charge in [-0.1, -0.05) is 23.7 Å². The standard InChI is InChI=1S/C18H14ClN3O/c19-17-5-1-3-14(8-17)18(23)22-10-13-7-16(12-21-9-13)15-4-2-6-20-11-15/h1-9,11-12H,10H2,(H,22,23). The maximum Gasteiger partial charge on any atom is 0.251 e. The van der Waals surface area contributed by atoms with E-state index in [0.717, 1.165) is 16.7 Å². The molecule has 0 saturated heterocycles. The number of carbonyl (C=O) groups excluding carboxylic acids is 1. The van der Waals surface area contributed by atoms with Gasteiger partial charge in [0.25, 0.3) is 5.91 Å². The van der Waals surface area contributed by atoms with Crippen LogP contribution >= 0.6 is 11.6 Å². The van der Waals surface area contributed by atoms with Gasteiger partial charge in [-0.3, -0.25) is 14.8 Å². The summed E-state index contributed by atoms with van der Waals surface area (Å²) in [5, 5.41) is 3.41. The molecule has 114 valence electrons. The van der Waals surface area contributed by atoms with Gasteiger partial charge in [0.05, 0.1) is 0 Å². The molecule has 0 fully saturated rings. The lowest BCUT2D eigenvalue weighted by Crippen LogP contribution is -2.22. The number of amides is 1. The molecule has 0 aliphatic rings. The smallest absolute Gasteiger partial charge is 0.251 e. The highest BCUT2D eigenvalue weighted by molar-refractivity contribution is 6.30. The summed E-state index contributed by atoms with van der Waals surface area (Å²) in [5.74, 6) is -0.167. The number of hydrogen-bond donors (Lipinski definition) is 1. The Labute approximate surface area is 139 Å². The molecule has 1 aromatic carbocycles. The molecule has 2 heterocycles. The second-order valence-electron chi connectivity index (χ2n) is 5.02. The molecule has 0 unspecified atom stereocenters. The van der Waals surface area contributed by atoms with Crippen molar-refractivity contribution in [2.75, 3.05) is 0 Å². The van der Waals surface area contributed by atoms with Crippen molar-refractivity contribution in [3.63, 3.8) is 0 Å². The van der Waals surface area contributed by atoms with E-state index >= 15 is 0 Å². The van der Waals surface area contributed by atoms with Crippen LogP contribution in [-0.2, 0) is 6.54 Å². The monoisotopic (exact) mass is 323 g/mol. The average Bonchev–Trinajstić information content (AvgIpc) is 2.61. The van der Waals surface area contributed by atoms with Crippen LogP contribution in [0.1, 0.15) is 15.9 Å². The van der Waals surface area contributed by atoms with Gasteiger partial charge < -0.3 is 5.32 Å². The SMILES string of the molecule is O=C(NCc1cncc(-c2cccnc2)c1)c1cccc(Cl)c1. The normalized spacial score (nSPS) is 10.3. The second kappa shape index (κ2) is 7.03. The lowest BCUT2D eigenvalue weighted by Gasteiger charge is -2.07. The van der Waals surface area contributed by atoms with Crippen molar-refractivity contribution in [3.05, 3.63) is 83.4 Å². The van der Waals surface area contributed by atoms with Crippen LogP contribution in [0.3, 0.4) is 0 Å². The predicted octanol–water partition coefficient (Wildman–Crippen LogP) is 3.73. The van der Waals surface area contributed by atoms with E-state index in [9.17, 15) is 4.79 Å². The minimum absolute atomic E-state index is 0.167. The van der Waals surface area contributed by atoms with Crippen LogP contribution in [0, 0.1) is 0 Å². The number of benzene rings is 1. The Bertz CT molecular complexity index is 821. The Balaban J connectivity index is 1.70. The Morgan fingerprint density at radius 1 is 1.00 bits per heavy atom. The minimum Gasteiger partial charge on any atom is -0.348 e. The van der Waals surface area contributed by atoms with Crippen LogP contribution in [0.2, 0.25) is 5.02 Å². The van der Waals surface area contributed by atoms with Crippen LogP contribution in [0.5, 0.6) is 0 Å². The molecule has 1 amide bonds. The van der Waals surface area contributed by atoms with Gasteiger partial charge in [0, 0.05) is 53.0 Å². The molecule has 0 saturated carbocycles. The quantitative estimate of drug-likeness (QED) is 0.796. The van der Waals surface area contributed by atoms with E-state index in [4.69, 9.17) is 11.6 Å². The topological polar surface area (TPSA) is 54.9 Å². The van der Waals surface area contributed by atoms with Crippen molar-refractivity contribution < 1.29 is 4.79 Å². The van der Waals surface area contributed by atoms with Crippen molar-refractivity contribution in [1.82, 2.24) is 15.3 Å². The third-order valence-corrected chi connectivity index (χ3v) is 3.56. The molecular formula is C18H14ClN3O. The first-order valence-electron chi connectivity index (χ1n) is 7.10. The maximum absolute atomic E-state index is 12.1. The van der Waals surface area contributed by atoms with Crippen LogP contribution in [0.15, 0.2) is 67.3 Å². The van der Waals surface area contributed by atoms with Gasteiger partial charge in [-0.15, -0.1) is 0 Å². The zero-order valence-corrected chi connectivity index (χ0v) is 13.0. The summed E-state index contributed by atoms with van der Waals surface area (Å²) in [7, 11) is 0. The molecule has 0 spiro atoms. The zero-order valence-electron chi connectivity index (χ0n) is 12.2. The van der Waals surface area contributed by atoms with E-state index in [2.05, 4.69) is 15.3 Å². The number of hydrogen-bond acceptors (Lipinski definition) is 3. The summed E-state index contributed by atoms with van der Waals surface area (Å²) in [6.07, 6.45) is 7.02. The van der Waals surface area contributed by atoms with Gasteiger partial charge in [-0.2, -0.15) is 0 Å². The Morgan fingerprint density at radius 3 is 2.65 bits per heavy atom. The molecule has 1 N–H and O–H groups in total. The van der Waals surface area contributed by atoms with Gasteiger partial charge in [0.2, 0.25) is 0 Å². The lowest BCUT2D eigenvalue weighted by molar-refractivity contribution is 0.0951. The fourth-order valence-corrected chi connectivity index (χ4v) is 2.38. The highest BCUT2D eigenvalue weighted by Crippen LogP contribution is 2.18. The average molecular weight is 324 g/mol. The fraction of sp³-hybridized carbons (Fsp3) is 0.0556. The molecule has 0 bridgehead atoms. The highest BCUT2D eigenvalue weighted by atomic mass is 35.5. The summed E-state index contributed by atoms with van der Waals surface area (Å²) in [5.41, 5.74) is 3.41. The van der Waals surface area contributed by atoms with E-state index in [1.807, 2.05) is 18.2 Å². The minimum atomic E-state index is -0.167. The van der Waals surface area contributed by atoms with Gasteiger partial charge in [0.15, 0.2) is 0 Å². The van der Waals surface area contributed by atoms with Crippen LogP contribution in [-0.4, -0.2) is 15.9 Å². The van der Waals surface area contributed by atoms with Gasteiger partial charge in [-0.25, -0.2) is 0 Å². The first-order chi connectivity index (χ1) is 11.2. The molecule has 4 nitrogen and oxygen atoms in total. The molecule has 0 aliphatic heterocycles.